The molecule has 3 heteroatoms. The molecule has 0 saturated heterocycles. The molecule has 1 unspecified atom stereocenters. The van der Waals surface area contributed by atoms with Crippen LogP contribution >= 0.6 is 38.5 Å². The minimum Gasteiger partial charge on any atom is -0.299 e. The fraction of sp³-hybridized carbons (Fsp3) is 0.800. The number of Topliss-reactive ketones (excluding diaryl/α,β-unsaturated/α-hetero) is 1. The van der Waals surface area contributed by atoms with Crippen molar-refractivity contribution in [2.45, 2.75) is 17.3 Å². The Morgan fingerprint density at radius 1 is 1.88 bits per heavy atom. The van der Waals surface area contributed by atoms with Gasteiger partial charge in [0.15, 0.2) is 0 Å². The Balaban J connectivity index is 3.32. The quantitative estimate of drug-likeness (QED) is 0.575. The summed E-state index contributed by atoms with van der Waals surface area (Å²) < 4.78 is 0.201. The van der Waals surface area contributed by atoms with Crippen LogP contribution in [-0.2, 0) is 4.79 Å². The number of hydrogen-bond acceptors (Lipinski definition) is 1. The Morgan fingerprint density at radius 3 is 2.50 bits per heavy atom. The molecule has 1 atom stereocenters. The van der Waals surface area contributed by atoms with Gasteiger partial charge in [0.2, 0.25) is 0 Å². The average molecular weight is 291 g/mol. The molecule has 0 fully saturated rings. The Hall–Kier alpha value is 0.880. The summed E-state index contributed by atoms with van der Waals surface area (Å²) in [5.41, 5.74) is 0. The molecule has 0 aromatic rings. The molecule has 0 amide bonds. The van der Waals surface area contributed by atoms with Gasteiger partial charge in [-0.2, -0.15) is 0 Å². The van der Waals surface area contributed by atoms with E-state index in [1.54, 1.807) is 6.92 Å². The zero-order chi connectivity index (χ0) is 6.57. The summed E-state index contributed by atoms with van der Waals surface area (Å²) >= 11 is 5.41. The molecule has 0 bridgehead atoms. The highest BCUT2D eigenvalue weighted by Crippen LogP contribution is 2.07. The number of halogens is 2. The van der Waals surface area contributed by atoms with Gasteiger partial charge >= 0.3 is 0 Å². The molecule has 0 aromatic heterocycles. The molecular formula is C5H8BrIO. The predicted octanol–water partition coefficient (Wildman–Crippen LogP) is 2.16. The standard InChI is InChI=1S/C5H8BrIO/c1-4(8)5(7)2-3-6/h5H,2-3H2,1H3. The van der Waals surface area contributed by atoms with E-state index in [1.807, 2.05) is 0 Å². The highest BCUT2D eigenvalue weighted by atomic mass is 127. The third kappa shape index (κ3) is 3.83. The van der Waals surface area contributed by atoms with Crippen LogP contribution in [0.5, 0.6) is 0 Å². The minimum absolute atomic E-state index is 0.201. The summed E-state index contributed by atoms with van der Waals surface area (Å²) in [6.45, 7) is 1.62. The molecule has 0 aromatic carbocycles. The van der Waals surface area contributed by atoms with Gasteiger partial charge in [0, 0.05) is 5.33 Å². The summed E-state index contributed by atoms with van der Waals surface area (Å²) in [4.78, 5) is 10.5. The van der Waals surface area contributed by atoms with Gasteiger partial charge < -0.3 is 0 Å². The van der Waals surface area contributed by atoms with Gasteiger partial charge in [-0.05, 0) is 13.3 Å². The van der Waals surface area contributed by atoms with E-state index in [9.17, 15) is 4.79 Å². The van der Waals surface area contributed by atoms with Crippen LogP contribution in [-0.4, -0.2) is 15.0 Å². The summed E-state index contributed by atoms with van der Waals surface area (Å²) in [6, 6.07) is 0. The van der Waals surface area contributed by atoms with Crippen LogP contribution in [0.25, 0.3) is 0 Å². The largest absolute Gasteiger partial charge is 0.299 e. The fourth-order valence-electron chi connectivity index (χ4n) is 0.299. The summed E-state index contributed by atoms with van der Waals surface area (Å²) in [5, 5.41) is 0.917. The third-order valence-corrected chi connectivity index (χ3v) is 2.76. The van der Waals surface area contributed by atoms with Crippen molar-refractivity contribution in [3.8, 4) is 0 Å². The van der Waals surface area contributed by atoms with E-state index < -0.39 is 0 Å². The first kappa shape index (κ1) is 8.88. The van der Waals surface area contributed by atoms with E-state index in [-0.39, 0.29) is 9.71 Å². The summed E-state index contributed by atoms with van der Waals surface area (Å²) in [7, 11) is 0. The van der Waals surface area contributed by atoms with Crippen molar-refractivity contribution in [3.05, 3.63) is 0 Å². The molecule has 0 aliphatic carbocycles. The maximum absolute atomic E-state index is 10.5. The van der Waals surface area contributed by atoms with Crippen molar-refractivity contribution in [3.63, 3.8) is 0 Å². The van der Waals surface area contributed by atoms with Gasteiger partial charge in [-0.25, -0.2) is 0 Å². The van der Waals surface area contributed by atoms with Crippen molar-refractivity contribution in [2.24, 2.45) is 0 Å². The first-order chi connectivity index (χ1) is 3.68. The van der Waals surface area contributed by atoms with Gasteiger partial charge in [-0.15, -0.1) is 0 Å². The lowest BCUT2D eigenvalue weighted by Gasteiger charge is -1.99. The lowest BCUT2D eigenvalue weighted by Crippen LogP contribution is -2.08. The summed E-state index contributed by atoms with van der Waals surface area (Å²) in [5.74, 6) is 0.269. The van der Waals surface area contributed by atoms with E-state index in [0.29, 0.717) is 0 Å². The number of carbonyl (C=O) groups excluding carboxylic acids is 1. The van der Waals surface area contributed by atoms with Gasteiger partial charge in [0.1, 0.15) is 5.78 Å². The molecular weight excluding hydrogens is 283 g/mol. The predicted molar refractivity (Wildman–Crippen MR) is 46.9 cm³/mol. The normalized spacial score (nSPS) is 13.4. The number of hydrogen-bond donors (Lipinski definition) is 0. The first-order valence-electron chi connectivity index (χ1n) is 2.39. The van der Waals surface area contributed by atoms with Crippen molar-refractivity contribution >= 4 is 44.3 Å². The van der Waals surface area contributed by atoms with Crippen molar-refractivity contribution in [1.82, 2.24) is 0 Å². The second-order valence-electron chi connectivity index (χ2n) is 1.56. The molecule has 0 N–H and O–H groups in total. The Labute approximate surface area is 71.5 Å². The topological polar surface area (TPSA) is 17.1 Å². The van der Waals surface area contributed by atoms with E-state index in [1.165, 1.54) is 0 Å². The molecule has 0 spiro atoms. The van der Waals surface area contributed by atoms with Gasteiger partial charge in [-0.1, -0.05) is 38.5 Å². The molecule has 0 aliphatic heterocycles. The SMILES string of the molecule is CC(=O)C(I)CCBr. The third-order valence-electron chi connectivity index (χ3n) is 0.804. The molecule has 0 aliphatic rings. The molecule has 0 rings (SSSR count). The van der Waals surface area contributed by atoms with Crippen LogP contribution in [0.3, 0.4) is 0 Å². The zero-order valence-corrected chi connectivity index (χ0v) is 8.40. The Morgan fingerprint density at radius 2 is 2.38 bits per heavy atom. The van der Waals surface area contributed by atoms with Crippen molar-refractivity contribution < 1.29 is 4.79 Å². The Bertz CT molecular complexity index is 84.5. The number of ketones is 1. The molecule has 0 saturated carbocycles. The van der Waals surface area contributed by atoms with E-state index in [0.717, 1.165) is 11.8 Å². The van der Waals surface area contributed by atoms with Gasteiger partial charge in [0.25, 0.3) is 0 Å². The second-order valence-corrected chi connectivity index (χ2v) is 3.85. The maximum Gasteiger partial charge on any atom is 0.142 e. The summed E-state index contributed by atoms with van der Waals surface area (Å²) in [6.07, 6.45) is 0.940. The minimum atomic E-state index is 0.201. The van der Waals surface area contributed by atoms with E-state index in [2.05, 4.69) is 38.5 Å². The molecule has 48 valence electrons. The molecule has 0 heterocycles. The fourth-order valence-corrected chi connectivity index (χ4v) is 1.92. The van der Waals surface area contributed by atoms with Crippen molar-refractivity contribution in [2.75, 3.05) is 5.33 Å². The van der Waals surface area contributed by atoms with E-state index in [4.69, 9.17) is 0 Å². The van der Waals surface area contributed by atoms with Crippen LogP contribution in [0.4, 0.5) is 0 Å². The Kier molecular flexibility index (Phi) is 5.25. The highest BCUT2D eigenvalue weighted by Gasteiger charge is 2.06. The number of carbonyl (C=O) groups is 1. The van der Waals surface area contributed by atoms with Crippen molar-refractivity contribution in [1.29, 1.82) is 0 Å². The van der Waals surface area contributed by atoms with Crippen LogP contribution in [0.2, 0.25) is 0 Å². The molecule has 8 heavy (non-hydrogen) atoms. The maximum atomic E-state index is 10.5. The van der Waals surface area contributed by atoms with Crippen LogP contribution in [0.15, 0.2) is 0 Å². The number of rotatable bonds is 3. The number of alkyl halides is 2. The highest BCUT2D eigenvalue weighted by molar-refractivity contribution is 14.1. The molecule has 0 radical (unpaired) electrons. The van der Waals surface area contributed by atoms with E-state index >= 15 is 0 Å². The monoisotopic (exact) mass is 290 g/mol. The van der Waals surface area contributed by atoms with Gasteiger partial charge in [0.05, 0.1) is 3.92 Å². The second kappa shape index (κ2) is 4.73. The van der Waals surface area contributed by atoms with Gasteiger partial charge in [-0.3, -0.25) is 4.79 Å². The zero-order valence-electron chi connectivity index (χ0n) is 4.66. The van der Waals surface area contributed by atoms with Crippen LogP contribution < -0.4 is 0 Å². The lowest BCUT2D eigenvalue weighted by atomic mass is 10.3. The van der Waals surface area contributed by atoms with Crippen LogP contribution in [0.1, 0.15) is 13.3 Å². The molecule has 1 nitrogen and oxygen atoms in total. The van der Waals surface area contributed by atoms with Crippen LogP contribution in [0, 0.1) is 0 Å². The first-order valence-corrected chi connectivity index (χ1v) is 4.75. The average Bonchev–Trinajstić information content (AvgIpc) is 1.67. The lowest BCUT2D eigenvalue weighted by molar-refractivity contribution is -0.116. The smallest absolute Gasteiger partial charge is 0.142 e.